The van der Waals surface area contributed by atoms with Crippen molar-refractivity contribution in [1.29, 1.82) is 0 Å². The van der Waals surface area contributed by atoms with E-state index in [0.717, 1.165) is 62.2 Å². The zero-order valence-corrected chi connectivity index (χ0v) is 24.8. The van der Waals surface area contributed by atoms with Crippen LogP contribution in [0.1, 0.15) is 25.3 Å². The van der Waals surface area contributed by atoms with E-state index in [4.69, 9.17) is 27.1 Å². The Labute approximate surface area is 250 Å². The number of fused-ring (bicyclic) bond motifs is 3. The van der Waals surface area contributed by atoms with Crippen LogP contribution in [-0.4, -0.2) is 83.9 Å². The molecule has 4 aliphatic heterocycles. The number of piperazine rings is 1. The zero-order chi connectivity index (χ0) is 28.7. The molecule has 3 saturated heterocycles. The van der Waals surface area contributed by atoms with Gasteiger partial charge in [-0.25, -0.2) is 14.2 Å². The molecule has 0 aliphatic carbocycles. The lowest BCUT2D eigenvalue weighted by Gasteiger charge is -2.36. The number of likely N-dealkylation sites (tertiary alicyclic amines) is 1. The van der Waals surface area contributed by atoms with Crippen molar-refractivity contribution in [2.24, 2.45) is 0 Å². The number of hydrogen-bond acceptors (Lipinski definition) is 10. The molecule has 0 amide bonds. The summed E-state index contributed by atoms with van der Waals surface area (Å²) in [6.45, 7) is 4.38. The number of nitrogens with two attached hydrogens (primary N) is 1. The minimum Gasteiger partial charge on any atom is -0.488 e. The van der Waals surface area contributed by atoms with Crippen molar-refractivity contribution in [2.75, 3.05) is 57.0 Å². The standard InChI is InChI=1S/C29H32ClFN8O2S/c1-33-14-6-7-37(9-14)12-17-13-41-25-22(18-4-5-21(31)26-23(18)35-28(32)42-26)20(30)8-19-24(25)39(17)29(40)36-27(19)38-10-15-2-3-16(11-38)34-15/h4-5,8,14-17,33-34H,2-3,6-7,9-13H2,1H3,(H2,32,35)/t14?,15?,16?,17-/m0/s1. The molecule has 4 aromatic rings. The van der Waals surface area contributed by atoms with Crippen LogP contribution in [0, 0.1) is 5.82 Å². The molecule has 3 unspecified atom stereocenters. The van der Waals surface area contributed by atoms with Gasteiger partial charge in [-0.05, 0) is 51.1 Å². The number of nitrogens with one attached hydrogen (secondary N) is 2. The average Bonchev–Trinajstić information content (AvgIpc) is 3.69. The van der Waals surface area contributed by atoms with Crippen molar-refractivity contribution in [3.05, 3.63) is 39.5 Å². The van der Waals surface area contributed by atoms with Crippen LogP contribution in [0.15, 0.2) is 23.0 Å². The molecule has 8 rings (SSSR count). The van der Waals surface area contributed by atoms with Gasteiger partial charge in [0.15, 0.2) is 10.9 Å². The summed E-state index contributed by atoms with van der Waals surface area (Å²) in [6.07, 6.45) is 3.28. The molecule has 0 spiro atoms. The van der Waals surface area contributed by atoms with Crippen molar-refractivity contribution < 1.29 is 9.13 Å². The Hall–Kier alpha value is -3.03. The van der Waals surface area contributed by atoms with E-state index in [-0.39, 0.29) is 16.9 Å². The summed E-state index contributed by atoms with van der Waals surface area (Å²) in [5.41, 5.74) is 8.02. The third-order valence-electron chi connectivity index (χ3n) is 9.33. The fourth-order valence-electron chi connectivity index (χ4n) is 7.38. The maximum atomic E-state index is 14.8. The number of thiazole rings is 1. The van der Waals surface area contributed by atoms with Crippen LogP contribution < -0.4 is 31.7 Å². The molecule has 10 nitrogen and oxygen atoms in total. The topological polar surface area (TPSA) is 114 Å². The van der Waals surface area contributed by atoms with Crippen LogP contribution in [0.2, 0.25) is 5.02 Å². The number of benzene rings is 2. The summed E-state index contributed by atoms with van der Waals surface area (Å²) < 4.78 is 23.5. The van der Waals surface area contributed by atoms with Crippen molar-refractivity contribution in [1.82, 2.24) is 30.1 Å². The van der Waals surface area contributed by atoms with Crippen LogP contribution in [0.5, 0.6) is 5.75 Å². The predicted octanol–water partition coefficient (Wildman–Crippen LogP) is 3.22. The summed E-state index contributed by atoms with van der Waals surface area (Å²) >= 11 is 8.18. The number of likely N-dealkylation sites (N-methyl/N-ethyl adjacent to an activating group) is 1. The van der Waals surface area contributed by atoms with Gasteiger partial charge >= 0.3 is 5.69 Å². The predicted molar refractivity (Wildman–Crippen MR) is 165 cm³/mol. The molecule has 13 heteroatoms. The molecule has 2 bridgehead atoms. The first-order valence-corrected chi connectivity index (χ1v) is 15.7. The molecule has 0 saturated carbocycles. The van der Waals surface area contributed by atoms with Crippen molar-refractivity contribution >= 4 is 55.0 Å². The Balaban J connectivity index is 1.34. The van der Waals surface area contributed by atoms with E-state index in [2.05, 4.69) is 25.4 Å². The quantitative estimate of drug-likeness (QED) is 0.313. The second kappa shape index (κ2) is 10.0. The van der Waals surface area contributed by atoms with Gasteiger partial charge in [-0.1, -0.05) is 22.9 Å². The van der Waals surface area contributed by atoms with E-state index >= 15 is 0 Å². The van der Waals surface area contributed by atoms with Gasteiger partial charge in [0, 0.05) is 60.8 Å². The molecule has 42 heavy (non-hydrogen) atoms. The highest BCUT2D eigenvalue weighted by Crippen LogP contribution is 2.49. The molecule has 3 fully saturated rings. The van der Waals surface area contributed by atoms with Gasteiger partial charge < -0.3 is 26.0 Å². The molecule has 0 radical (unpaired) electrons. The molecule has 6 heterocycles. The Bertz CT molecular complexity index is 1780. The largest absolute Gasteiger partial charge is 0.488 e. The van der Waals surface area contributed by atoms with Crippen molar-refractivity contribution in [2.45, 2.75) is 43.4 Å². The highest BCUT2D eigenvalue weighted by atomic mass is 35.5. The van der Waals surface area contributed by atoms with Gasteiger partial charge in [0.05, 0.1) is 26.8 Å². The fraction of sp³-hybridized carbons (Fsp3) is 0.483. The highest BCUT2D eigenvalue weighted by molar-refractivity contribution is 7.22. The maximum absolute atomic E-state index is 14.8. The third kappa shape index (κ3) is 4.18. The summed E-state index contributed by atoms with van der Waals surface area (Å²) in [6, 6.07) is 5.90. The summed E-state index contributed by atoms with van der Waals surface area (Å²) in [4.78, 5) is 27.8. The second-order valence-electron chi connectivity index (χ2n) is 11.9. The number of nitrogens with zero attached hydrogens (tertiary/aromatic N) is 5. The smallest absolute Gasteiger partial charge is 0.350 e. The minimum absolute atomic E-state index is 0.221. The zero-order valence-electron chi connectivity index (χ0n) is 23.2. The molecular weight excluding hydrogens is 579 g/mol. The first-order chi connectivity index (χ1) is 20.4. The number of anilines is 2. The molecule has 4 aliphatic rings. The SMILES string of the molecule is CNC1CCN(C[C@H]2COc3c(-c4ccc(F)c5sc(N)nc45)c(Cl)cc4c(N5CC6CCC(C5)N6)nc(=O)n2c34)C1. The Morgan fingerprint density at radius 2 is 2.02 bits per heavy atom. The normalized spacial score (nSPS) is 25.5. The van der Waals surface area contributed by atoms with Crippen LogP contribution in [0.3, 0.4) is 0 Å². The van der Waals surface area contributed by atoms with E-state index < -0.39 is 5.82 Å². The first kappa shape index (κ1) is 26.6. The minimum atomic E-state index is -0.392. The van der Waals surface area contributed by atoms with Crippen LogP contribution in [-0.2, 0) is 0 Å². The summed E-state index contributed by atoms with van der Waals surface area (Å²) in [7, 11) is 1.99. The van der Waals surface area contributed by atoms with Crippen LogP contribution in [0.25, 0.3) is 32.2 Å². The molecule has 2 aromatic carbocycles. The molecular formula is C29H32ClFN8O2S. The number of halogens is 2. The van der Waals surface area contributed by atoms with Gasteiger partial charge in [-0.3, -0.25) is 9.47 Å². The number of rotatable bonds is 5. The van der Waals surface area contributed by atoms with Gasteiger partial charge in [0.1, 0.15) is 18.2 Å². The maximum Gasteiger partial charge on any atom is 0.350 e. The second-order valence-corrected chi connectivity index (χ2v) is 13.4. The Kier molecular flexibility index (Phi) is 6.34. The third-order valence-corrected chi connectivity index (χ3v) is 10.5. The number of hydrogen-bond donors (Lipinski definition) is 3. The first-order valence-electron chi connectivity index (χ1n) is 14.5. The number of aromatic nitrogens is 3. The molecule has 4 N–H and O–H groups in total. The summed E-state index contributed by atoms with van der Waals surface area (Å²) in [5.74, 6) is 0.750. The lowest BCUT2D eigenvalue weighted by molar-refractivity contribution is 0.183. The van der Waals surface area contributed by atoms with Gasteiger partial charge in [-0.2, -0.15) is 4.98 Å². The molecule has 4 atom stereocenters. The summed E-state index contributed by atoms with van der Waals surface area (Å²) in [5, 5.41) is 8.51. The van der Waals surface area contributed by atoms with Crippen molar-refractivity contribution in [3.63, 3.8) is 0 Å². The lowest BCUT2D eigenvalue weighted by atomic mass is 9.99. The van der Waals surface area contributed by atoms with E-state index in [0.29, 0.717) is 74.7 Å². The van der Waals surface area contributed by atoms with Gasteiger partial charge in [0.25, 0.3) is 0 Å². The Morgan fingerprint density at radius 1 is 1.21 bits per heavy atom. The van der Waals surface area contributed by atoms with Crippen molar-refractivity contribution in [3.8, 4) is 16.9 Å². The Morgan fingerprint density at radius 3 is 2.79 bits per heavy atom. The van der Waals surface area contributed by atoms with E-state index in [1.807, 2.05) is 13.1 Å². The monoisotopic (exact) mass is 610 g/mol. The number of ether oxygens (including phenoxy) is 1. The van der Waals surface area contributed by atoms with E-state index in [1.165, 1.54) is 6.07 Å². The van der Waals surface area contributed by atoms with Gasteiger partial charge in [0.2, 0.25) is 0 Å². The number of nitrogen functional groups attached to an aromatic ring is 1. The lowest BCUT2D eigenvalue weighted by Crippen LogP contribution is -2.52. The molecule has 220 valence electrons. The van der Waals surface area contributed by atoms with Gasteiger partial charge in [-0.15, -0.1) is 0 Å². The van der Waals surface area contributed by atoms with Crippen LogP contribution in [0.4, 0.5) is 15.3 Å². The van der Waals surface area contributed by atoms with E-state index in [1.54, 1.807) is 10.6 Å². The highest BCUT2D eigenvalue weighted by Gasteiger charge is 2.37. The average molecular weight is 611 g/mol. The fourth-order valence-corrected chi connectivity index (χ4v) is 8.44. The van der Waals surface area contributed by atoms with Crippen LogP contribution >= 0.6 is 22.9 Å². The molecule has 2 aromatic heterocycles. The van der Waals surface area contributed by atoms with E-state index in [9.17, 15) is 9.18 Å².